The van der Waals surface area contributed by atoms with Crippen molar-refractivity contribution in [3.63, 3.8) is 0 Å². The molecule has 0 spiro atoms. The number of nitrogens with two attached hydrogens (primary N) is 1. The van der Waals surface area contributed by atoms with Crippen LogP contribution in [0, 0.1) is 13.8 Å². The molecule has 0 radical (unpaired) electrons. The number of anilines is 1. The predicted molar refractivity (Wildman–Crippen MR) is 65.5 cm³/mol. The van der Waals surface area contributed by atoms with Crippen LogP contribution in [0.25, 0.3) is 0 Å². The number of aryl methyl sites for hydroxylation is 2. The lowest BCUT2D eigenvalue weighted by atomic mass is 10.1. The van der Waals surface area contributed by atoms with Gasteiger partial charge in [-0.3, -0.25) is 0 Å². The average Bonchev–Trinajstić information content (AvgIpc) is 2.10. The second kappa shape index (κ2) is 5.89. The van der Waals surface area contributed by atoms with Gasteiger partial charge in [-0.25, -0.2) is 0 Å². The van der Waals surface area contributed by atoms with Crippen molar-refractivity contribution in [1.82, 2.24) is 0 Å². The zero-order chi connectivity index (χ0) is 9.84. The van der Waals surface area contributed by atoms with Crippen LogP contribution in [-0.4, -0.2) is 20.1 Å². The topological polar surface area (TPSA) is 29.3 Å². The van der Waals surface area contributed by atoms with E-state index >= 15 is 0 Å². The molecule has 0 unspecified atom stereocenters. The van der Waals surface area contributed by atoms with Crippen LogP contribution in [0.1, 0.15) is 11.1 Å². The summed E-state index contributed by atoms with van der Waals surface area (Å²) in [5, 5.41) is 0. The molecule has 80 valence electrons. The van der Waals surface area contributed by atoms with Crippen molar-refractivity contribution in [3.8, 4) is 0 Å². The largest absolute Gasteiger partial charge is 0.373 e. The summed E-state index contributed by atoms with van der Waals surface area (Å²) in [4.78, 5) is 2.17. The molecule has 2 nitrogen and oxygen atoms in total. The van der Waals surface area contributed by atoms with E-state index in [9.17, 15) is 0 Å². The lowest BCUT2D eigenvalue weighted by Crippen LogP contribution is -2.24. The zero-order valence-electron chi connectivity index (χ0n) is 9.08. The van der Waals surface area contributed by atoms with Gasteiger partial charge >= 0.3 is 0 Å². The van der Waals surface area contributed by atoms with Crippen molar-refractivity contribution in [1.29, 1.82) is 0 Å². The molecule has 0 amide bonds. The van der Waals surface area contributed by atoms with Gasteiger partial charge in [0.25, 0.3) is 0 Å². The molecule has 3 heteroatoms. The Hall–Kier alpha value is -0.730. The number of hydrogen-bond acceptors (Lipinski definition) is 2. The third-order valence-electron chi connectivity index (χ3n) is 2.40. The maximum absolute atomic E-state index is 5.49. The van der Waals surface area contributed by atoms with Gasteiger partial charge in [0.2, 0.25) is 0 Å². The first-order valence-corrected chi connectivity index (χ1v) is 4.63. The fraction of sp³-hybridized carbons (Fsp3) is 0.455. The van der Waals surface area contributed by atoms with Gasteiger partial charge in [0.15, 0.2) is 0 Å². The predicted octanol–water partition coefficient (Wildman–Crippen LogP) is 2.12. The monoisotopic (exact) mass is 214 g/mol. The molecule has 0 aliphatic heterocycles. The molecule has 0 heterocycles. The van der Waals surface area contributed by atoms with E-state index in [1.807, 2.05) is 0 Å². The van der Waals surface area contributed by atoms with Crippen LogP contribution in [0.3, 0.4) is 0 Å². The van der Waals surface area contributed by atoms with Gasteiger partial charge in [0.05, 0.1) is 0 Å². The van der Waals surface area contributed by atoms with E-state index in [1.54, 1.807) is 0 Å². The standard InChI is InChI=1S/C11H18N2.ClH/c1-9-4-5-11(8-10(9)2)13(3)7-6-12;/h4-5,8H,6-7,12H2,1-3H3;1H. The highest BCUT2D eigenvalue weighted by molar-refractivity contribution is 5.85. The summed E-state index contributed by atoms with van der Waals surface area (Å²) in [5.74, 6) is 0. The van der Waals surface area contributed by atoms with Crippen LogP contribution in [0.2, 0.25) is 0 Å². The molecule has 2 N–H and O–H groups in total. The number of rotatable bonds is 3. The van der Waals surface area contributed by atoms with E-state index in [-0.39, 0.29) is 12.4 Å². The molecule has 1 rings (SSSR count). The van der Waals surface area contributed by atoms with Gasteiger partial charge in [-0.2, -0.15) is 0 Å². The number of halogens is 1. The number of benzene rings is 1. The Bertz CT molecular complexity index is 287. The second-order valence-corrected chi connectivity index (χ2v) is 3.48. The van der Waals surface area contributed by atoms with Crippen LogP contribution in [-0.2, 0) is 0 Å². The molecule has 1 aromatic rings. The van der Waals surface area contributed by atoms with Gasteiger partial charge in [-0.1, -0.05) is 6.07 Å². The average molecular weight is 215 g/mol. The molecule has 0 atom stereocenters. The van der Waals surface area contributed by atoms with Crippen molar-refractivity contribution >= 4 is 18.1 Å². The molecule has 0 aliphatic carbocycles. The van der Waals surface area contributed by atoms with Crippen LogP contribution in [0.5, 0.6) is 0 Å². The molecular formula is C11H19ClN2. The minimum Gasteiger partial charge on any atom is -0.373 e. The molecule has 14 heavy (non-hydrogen) atoms. The lowest BCUT2D eigenvalue weighted by Gasteiger charge is -2.19. The van der Waals surface area contributed by atoms with Gasteiger partial charge in [-0.15, -0.1) is 12.4 Å². The Kier molecular flexibility index (Phi) is 5.58. The maximum atomic E-state index is 5.49. The summed E-state index contributed by atoms with van der Waals surface area (Å²) in [6.07, 6.45) is 0. The van der Waals surface area contributed by atoms with Crippen molar-refractivity contribution in [2.45, 2.75) is 13.8 Å². The normalized spacial score (nSPS) is 9.43. The van der Waals surface area contributed by atoms with Crippen molar-refractivity contribution in [3.05, 3.63) is 29.3 Å². The Morgan fingerprint density at radius 1 is 1.21 bits per heavy atom. The van der Waals surface area contributed by atoms with E-state index in [0.717, 1.165) is 6.54 Å². The second-order valence-electron chi connectivity index (χ2n) is 3.48. The third-order valence-corrected chi connectivity index (χ3v) is 2.40. The molecule has 0 aliphatic rings. The van der Waals surface area contributed by atoms with E-state index in [4.69, 9.17) is 5.73 Å². The first-order valence-electron chi connectivity index (χ1n) is 4.63. The number of hydrogen-bond donors (Lipinski definition) is 1. The highest BCUT2D eigenvalue weighted by atomic mass is 35.5. The molecule has 0 aromatic heterocycles. The van der Waals surface area contributed by atoms with Crippen LogP contribution >= 0.6 is 12.4 Å². The van der Waals surface area contributed by atoms with Crippen molar-refractivity contribution in [2.75, 3.05) is 25.0 Å². The molecule has 0 saturated heterocycles. The number of likely N-dealkylation sites (N-methyl/N-ethyl adjacent to an activating group) is 1. The Labute approximate surface area is 92.5 Å². The fourth-order valence-corrected chi connectivity index (χ4v) is 1.29. The smallest absolute Gasteiger partial charge is 0.0366 e. The third kappa shape index (κ3) is 3.20. The Balaban J connectivity index is 0.00000169. The summed E-state index contributed by atoms with van der Waals surface area (Å²) >= 11 is 0. The van der Waals surface area contributed by atoms with Crippen molar-refractivity contribution < 1.29 is 0 Å². The van der Waals surface area contributed by atoms with Gasteiger partial charge in [0, 0.05) is 25.8 Å². The molecular weight excluding hydrogens is 196 g/mol. The minimum absolute atomic E-state index is 0. The van der Waals surface area contributed by atoms with Gasteiger partial charge in [-0.05, 0) is 37.1 Å². The lowest BCUT2D eigenvalue weighted by molar-refractivity contribution is 0.885. The minimum atomic E-state index is 0. The van der Waals surface area contributed by atoms with E-state index in [1.165, 1.54) is 16.8 Å². The maximum Gasteiger partial charge on any atom is 0.0366 e. The number of nitrogens with zero attached hydrogens (tertiary/aromatic N) is 1. The highest BCUT2D eigenvalue weighted by Gasteiger charge is 2.00. The Morgan fingerprint density at radius 3 is 2.36 bits per heavy atom. The van der Waals surface area contributed by atoms with Crippen LogP contribution < -0.4 is 10.6 Å². The highest BCUT2D eigenvalue weighted by Crippen LogP contribution is 2.16. The molecule has 0 bridgehead atoms. The molecule has 0 fully saturated rings. The molecule has 1 aromatic carbocycles. The summed E-state index contributed by atoms with van der Waals surface area (Å²) in [6.45, 7) is 5.86. The van der Waals surface area contributed by atoms with Crippen LogP contribution in [0.4, 0.5) is 5.69 Å². The zero-order valence-corrected chi connectivity index (χ0v) is 9.90. The fourth-order valence-electron chi connectivity index (χ4n) is 1.29. The van der Waals surface area contributed by atoms with Gasteiger partial charge in [0.1, 0.15) is 0 Å². The van der Waals surface area contributed by atoms with Crippen molar-refractivity contribution in [2.24, 2.45) is 5.73 Å². The summed E-state index contributed by atoms with van der Waals surface area (Å²) in [6, 6.07) is 6.49. The summed E-state index contributed by atoms with van der Waals surface area (Å²) < 4.78 is 0. The van der Waals surface area contributed by atoms with E-state index in [0.29, 0.717) is 6.54 Å². The SMILES string of the molecule is Cc1ccc(N(C)CCN)cc1C.Cl. The van der Waals surface area contributed by atoms with Gasteiger partial charge < -0.3 is 10.6 Å². The quantitative estimate of drug-likeness (QED) is 0.836. The first-order chi connectivity index (χ1) is 6.15. The van der Waals surface area contributed by atoms with Crippen LogP contribution in [0.15, 0.2) is 18.2 Å². The van der Waals surface area contributed by atoms with E-state index < -0.39 is 0 Å². The summed E-state index contributed by atoms with van der Waals surface area (Å²) in [7, 11) is 2.07. The Morgan fingerprint density at radius 2 is 1.86 bits per heavy atom. The summed E-state index contributed by atoms with van der Waals surface area (Å²) in [5.41, 5.74) is 9.41. The van der Waals surface area contributed by atoms with E-state index in [2.05, 4.69) is 44.0 Å². The molecule has 0 saturated carbocycles. The first kappa shape index (κ1) is 13.3.